The van der Waals surface area contributed by atoms with Crippen LogP contribution in [0, 0.1) is 20.8 Å². The van der Waals surface area contributed by atoms with Gasteiger partial charge in [0.05, 0.1) is 22.8 Å². The number of carbonyl (C=O) groups excluding carboxylic acids is 2. The smallest absolute Gasteiger partial charge is 0.296 e. The van der Waals surface area contributed by atoms with E-state index in [9.17, 15) is 9.59 Å². The zero-order valence-electron chi connectivity index (χ0n) is 14.4. The van der Waals surface area contributed by atoms with Crippen molar-refractivity contribution in [3.05, 3.63) is 77.1 Å². The minimum atomic E-state index is -0.664. The van der Waals surface area contributed by atoms with Gasteiger partial charge in [0.25, 0.3) is 11.7 Å². The van der Waals surface area contributed by atoms with Gasteiger partial charge >= 0.3 is 0 Å². The van der Waals surface area contributed by atoms with Crippen molar-refractivity contribution in [1.82, 2.24) is 9.78 Å². The molecule has 1 heterocycles. The third-order valence-corrected chi connectivity index (χ3v) is 4.05. The Hall–Kier alpha value is -3.21. The first-order valence-electron chi connectivity index (χ1n) is 8.01. The summed E-state index contributed by atoms with van der Waals surface area (Å²) in [5, 5.41) is 7.18. The van der Waals surface area contributed by atoms with Crippen molar-refractivity contribution in [2.45, 2.75) is 20.8 Å². The van der Waals surface area contributed by atoms with Crippen LogP contribution in [-0.2, 0) is 4.79 Å². The van der Waals surface area contributed by atoms with Gasteiger partial charge in [-0.15, -0.1) is 0 Å². The lowest BCUT2D eigenvalue weighted by Crippen LogP contribution is -2.23. The fourth-order valence-electron chi connectivity index (χ4n) is 2.65. The van der Waals surface area contributed by atoms with Gasteiger partial charge in [-0.3, -0.25) is 9.59 Å². The molecule has 3 aromatic rings. The normalized spacial score (nSPS) is 10.5. The van der Waals surface area contributed by atoms with Gasteiger partial charge in [0.2, 0.25) is 0 Å². The van der Waals surface area contributed by atoms with Crippen molar-refractivity contribution in [3.63, 3.8) is 0 Å². The van der Waals surface area contributed by atoms with E-state index in [0.717, 1.165) is 16.9 Å². The van der Waals surface area contributed by atoms with Crippen LogP contribution in [0.5, 0.6) is 0 Å². The highest BCUT2D eigenvalue weighted by Crippen LogP contribution is 2.23. The van der Waals surface area contributed by atoms with E-state index in [0.29, 0.717) is 16.9 Å². The first-order valence-corrected chi connectivity index (χ1v) is 8.01. The molecule has 0 saturated carbocycles. The first-order chi connectivity index (χ1) is 12.0. The quantitative estimate of drug-likeness (QED) is 0.586. The van der Waals surface area contributed by atoms with E-state index in [4.69, 9.17) is 0 Å². The number of benzene rings is 2. The number of nitrogens with one attached hydrogen (secondary N) is 1. The predicted octanol–water partition coefficient (Wildman–Crippen LogP) is 3.62. The molecule has 0 bridgehead atoms. The van der Waals surface area contributed by atoms with Gasteiger partial charge in [-0.1, -0.05) is 48.0 Å². The molecule has 1 amide bonds. The summed E-state index contributed by atoms with van der Waals surface area (Å²) < 4.78 is 1.75. The molecule has 1 N–H and O–H groups in total. The molecular formula is C20H19N3O2. The number of aromatic nitrogens is 2. The molecule has 0 radical (unpaired) electrons. The average Bonchev–Trinajstić information content (AvgIpc) is 2.90. The second-order valence-corrected chi connectivity index (χ2v) is 5.94. The molecule has 2 aromatic carbocycles. The number of rotatable bonds is 4. The Morgan fingerprint density at radius 1 is 0.920 bits per heavy atom. The summed E-state index contributed by atoms with van der Waals surface area (Å²) >= 11 is 0. The lowest BCUT2D eigenvalue weighted by molar-refractivity contribution is -0.112. The average molecular weight is 333 g/mol. The number of para-hydroxylation sites is 1. The number of aryl methyl sites for hydroxylation is 2. The van der Waals surface area contributed by atoms with Crippen LogP contribution in [0.3, 0.4) is 0 Å². The van der Waals surface area contributed by atoms with Gasteiger partial charge in [-0.2, -0.15) is 5.10 Å². The molecule has 0 aliphatic heterocycles. The molecule has 0 aliphatic rings. The molecule has 3 rings (SSSR count). The van der Waals surface area contributed by atoms with Crippen LogP contribution >= 0.6 is 0 Å². The van der Waals surface area contributed by atoms with Gasteiger partial charge in [0.15, 0.2) is 0 Å². The topological polar surface area (TPSA) is 64.0 Å². The fraction of sp³-hybridized carbons (Fsp3) is 0.150. The van der Waals surface area contributed by atoms with E-state index in [-0.39, 0.29) is 0 Å². The molecule has 126 valence electrons. The molecule has 5 nitrogen and oxygen atoms in total. The number of nitrogens with zero attached hydrogens (tertiary/aromatic N) is 2. The largest absolute Gasteiger partial charge is 0.316 e. The van der Waals surface area contributed by atoms with Crippen LogP contribution < -0.4 is 5.32 Å². The Kier molecular flexibility index (Phi) is 4.48. The van der Waals surface area contributed by atoms with Gasteiger partial charge in [-0.25, -0.2) is 4.68 Å². The number of anilines is 1. The summed E-state index contributed by atoms with van der Waals surface area (Å²) in [6.07, 6.45) is 0. The summed E-state index contributed by atoms with van der Waals surface area (Å²) in [6, 6.07) is 16.6. The number of carbonyl (C=O) groups is 2. The number of amides is 1. The van der Waals surface area contributed by atoms with E-state index in [1.54, 1.807) is 23.7 Å². The molecule has 0 atom stereocenters. The molecule has 0 saturated heterocycles. The van der Waals surface area contributed by atoms with Crippen molar-refractivity contribution in [1.29, 1.82) is 0 Å². The Bertz CT molecular complexity index is 926. The molecule has 0 fully saturated rings. The van der Waals surface area contributed by atoms with Crippen molar-refractivity contribution < 1.29 is 9.59 Å². The highest BCUT2D eigenvalue weighted by atomic mass is 16.2. The zero-order chi connectivity index (χ0) is 18.0. The number of ketones is 1. The number of hydrogen-bond donors (Lipinski definition) is 1. The minimum absolute atomic E-state index is 0.369. The van der Waals surface area contributed by atoms with Gasteiger partial charge in [0, 0.05) is 5.56 Å². The SMILES string of the molecule is Cc1ccc(C(=O)C(=O)Nc2c(C)nn(-c3ccccc3)c2C)cc1. The van der Waals surface area contributed by atoms with Crippen LogP contribution in [0.25, 0.3) is 5.69 Å². The van der Waals surface area contributed by atoms with Gasteiger partial charge in [0.1, 0.15) is 0 Å². The maximum atomic E-state index is 12.4. The Labute approximate surface area is 146 Å². The third-order valence-electron chi connectivity index (χ3n) is 4.05. The zero-order valence-corrected chi connectivity index (χ0v) is 14.4. The van der Waals surface area contributed by atoms with Crippen LogP contribution in [0.2, 0.25) is 0 Å². The van der Waals surface area contributed by atoms with E-state index in [2.05, 4.69) is 10.4 Å². The molecule has 25 heavy (non-hydrogen) atoms. The summed E-state index contributed by atoms with van der Waals surface area (Å²) in [6.45, 7) is 5.59. The summed E-state index contributed by atoms with van der Waals surface area (Å²) in [7, 11) is 0. The first kappa shape index (κ1) is 16.6. The second-order valence-electron chi connectivity index (χ2n) is 5.94. The molecule has 0 unspecified atom stereocenters. The van der Waals surface area contributed by atoms with E-state index < -0.39 is 11.7 Å². The van der Waals surface area contributed by atoms with Gasteiger partial charge < -0.3 is 5.32 Å². The van der Waals surface area contributed by atoms with Crippen molar-refractivity contribution in [3.8, 4) is 5.69 Å². The van der Waals surface area contributed by atoms with E-state index in [1.807, 2.05) is 56.3 Å². The van der Waals surface area contributed by atoms with Gasteiger partial charge in [-0.05, 0) is 32.9 Å². The molecule has 0 aliphatic carbocycles. The lowest BCUT2D eigenvalue weighted by atomic mass is 10.1. The Morgan fingerprint density at radius 2 is 1.56 bits per heavy atom. The summed E-state index contributed by atoms with van der Waals surface area (Å²) in [5.41, 5.74) is 4.30. The van der Waals surface area contributed by atoms with Crippen molar-refractivity contribution in [2.75, 3.05) is 5.32 Å². The Balaban J connectivity index is 1.86. The van der Waals surface area contributed by atoms with E-state index >= 15 is 0 Å². The van der Waals surface area contributed by atoms with Crippen LogP contribution in [-0.4, -0.2) is 21.5 Å². The fourth-order valence-corrected chi connectivity index (χ4v) is 2.65. The molecule has 0 spiro atoms. The minimum Gasteiger partial charge on any atom is -0.316 e. The molecule has 5 heteroatoms. The number of Topliss-reactive ketones (excluding diaryl/α,β-unsaturated/α-hetero) is 1. The highest BCUT2D eigenvalue weighted by Gasteiger charge is 2.20. The monoisotopic (exact) mass is 333 g/mol. The van der Waals surface area contributed by atoms with Crippen molar-refractivity contribution >= 4 is 17.4 Å². The third kappa shape index (κ3) is 3.35. The Morgan fingerprint density at radius 3 is 2.20 bits per heavy atom. The van der Waals surface area contributed by atoms with Crippen LogP contribution in [0.4, 0.5) is 5.69 Å². The maximum Gasteiger partial charge on any atom is 0.296 e. The number of hydrogen-bond acceptors (Lipinski definition) is 3. The predicted molar refractivity (Wildman–Crippen MR) is 97.2 cm³/mol. The molecular weight excluding hydrogens is 314 g/mol. The summed E-state index contributed by atoms with van der Waals surface area (Å²) in [4.78, 5) is 24.7. The standard InChI is InChI=1S/C20H19N3O2/c1-13-9-11-16(12-10-13)19(24)20(25)21-18-14(2)22-23(15(18)3)17-7-5-4-6-8-17/h4-12H,1-3H3,(H,21,25). The molecule has 1 aromatic heterocycles. The lowest BCUT2D eigenvalue weighted by Gasteiger charge is -2.07. The maximum absolute atomic E-state index is 12.4. The van der Waals surface area contributed by atoms with E-state index in [1.165, 1.54) is 0 Å². The summed E-state index contributed by atoms with van der Waals surface area (Å²) in [5.74, 6) is -1.23. The van der Waals surface area contributed by atoms with Crippen molar-refractivity contribution in [2.24, 2.45) is 0 Å². The van der Waals surface area contributed by atoms with Crippen LogP contribution in [0.15, 0.2) is 54.6 Å². The highest BCUT2D eigenvalue weighted by molar-refractivity contribution is 6.46. The van der Waals surface area contributed by atoms with Crippen LogP contribution in [0.1, 0.15) is 27.3 Å². The second kappa shape index (κ2) is 6.73.